The summed E-state index contributed by atoms with van der Waals surface area (Å²) >= 11 is 0. The number of hydrogen-bond donors (Lipinski definition) is 2. The number of para-hydroxylation sites is 1. The van der Waals surface area contributed by atoms with E-state index >= 15 is 0 Å². The first kappa shape index (κ1) is 14.0. The molecule has 6 heteroatoms. The first-order chi connectivity index (χ1) is 8.09. The molecule has 0 saturated carbocycles. The standard InChI is InChI=1S/C12H10N2O3.BrH/c13-9-4-1-3-8(7-9)10-5-2-6-11(12(10)15)14(16)17;/h1-7,15H,13H2;1H. The Bertz CT molecular complexity index is 587. The molecule has 0 aliphatic heterocycles. The van der Waals surface area contributed by atoms with E-state index < -0.39 is 4.92 Å². The van der Waals surface area contributed by atoms with Gasteiger partial charge < -0.3 is 10.8 Å². The van der Waals surface area contributed by atoms with Crippen molar-refractivity contribution in [2.45, 2.75) is 0 Å². The van der Waals surface area contributed by atoms with Crippen LogP contribution in [0, 0.1) is 10.1 Å². The van der Waals surface area contributed by atoms with Gasteiger partial charge >= 0.3 is 5.69 Å². The summed E-state index contributed by atoms with van der Waals surface area (Å²) in [5.74, 6) is -0.344. The molecule has 0 unspecified atom stereocenters. The number of nitrogens with two attached hydrogens (primary N) is 1. The summed E-state index contributed by atoms with van der Waals surface area (Å²) in [5, 5.41) is 20.5. The van der Waals surface area contributed by atoms with E-state index in [0.29, 0.717) is 16.8 Å². The predicted octanol–water partition coefficient (Wildman–Crippen LogP) is 3.13. The summed E-state index contributed by atoms with van der Waals surface area (Å²) in [7, 11) is 0. The molecule has 0 heterocycles. The number of phenols is 1. The van der Waals surface area contributed by atoms with Crippen LogP contribution in [0.1, 0.15) is 0 Å². The Morgan fingerprint density at radius 3 is 2.44 bits per heavy atom. The number of rotatable bonds is 2. The predicted molar refractivity (Wildman–Crippen MR) is 74.9 cm³/mol. The van der Waals surface area contributed by atoms with Gasteiger partial charge in [0.2, 0.25) is 5.75 Å². The summed E-state index contributed by atoms with van der Waals surface area (Å²) in [5.41, 5.74) is 6.89. The van der Waals surface area contributed by atoms with Gasteiger partial charge in [0.25, 0.3) is 0 Å². The van der Waals surface area contributed by atoms with Gasteiger partial charge in [-0.3, -0.25) is 10.1 Å². The Balaban J connectivity index is 0.00000162. The quantitative estimate of drug-likeness (QED) is 0.506. The van der Waals surface area contributed by atoms with Gasteiger partial charge in [-0.1, -0.05) is 24.3 Å². The second-order valence-electron chi connectivity index (χ2n) is 3.56. The first-order valence-electron chi connectivity index (χ1n) is 4.92. The second-order valence-corrected chi connectivity index (χ2v) is 3.56. The van der Waals surface area contributed by atoms with Crippen LogP contribution in [-0.4, -0.2) is 10.0 Å². The SMILES string of the molecule is Br.Nc1cccc(-c2cccc([N+](=O)[O-])c2O)c1. The molecule has 0 bridgehead atoms. The van der Waals surface area contributed by atoms with Crippen LogP contribution in [0.15, 0.2) is 42.5 Å². The maximum absolute atomic E-state index is 10.7. The minimum atomic E-state index is -0.620. The zero-order chi connectivity index (χ0) is 12.4. The van der Waals surface area contributed by atoms with Crippen LogP contribution < -0.4 is 5.73 Å². The third kappa shape index (κ3) is 2.60. The summed E-state index contributed by atoms with van der Waals surface area (Å²) in [4.78, 5) is 10.1. The first-order valence-corrected chi connectivity index (χ1v) is 4.92. The monoisotopic (exact) mass is 310 g/mol. The Labute approximate surface area is 114 Å². The molecule has 2 aromatic carbocycles. The number of nitrogen functional groups attached to an aromatic ring is 1. The minimum absolute atomic E-state index is 0. The Morgan fingerprint density at radius 2 is 1.83 bits per heavy atom. The molecule has 94 valence electrons. The van der Waals surface area contributed by atoms with Crippen molar-refractivity contribution in [3.05, 3.63) is 52.6 Å². The van der Waals surface area contributed by atoms with E-state index in [4.69, 9.17) is 5.73 Å². The zero-order valence-corrected chi connectivity index (χ0v) is 11.0. The van der Waals surface area contributed by atoms with E-state index in [1.165, 1.54) is 12.1 Å². The van der Waals surface area contributed by atoms with Crippen LogP contribution in [-0.2, 0) is 0 Å². The van der Waals surface area contributed by atoms with Gasteiger partial charge in [-0.15, -0.1) is 17.0 Å². The Kier molecular flexibility index (Phi) is 4.28. The number of anilines is 1. The Morgan fingerprint density at radius 1 is 1.17 bits per heavy atom. The van der Waals surface area contributed by atoms with Crippen molar-refractivity contribution in [3.8, 4) is 16.9 Å². The molecule has 0 radical (unpaired) electrons. The van der Waals surface area contributed by atoms with Gasteiger partial charge in [0, 0.05) is 17.3 Å². The number of nitrogens with zero attached hydrogens (tertiary/aromatic N) is 1. The second kappa shape index (κ2) is 5.50. The van der Waals surface area contributed by atoms with E-state index in [0.717, 1.165) is 0 Å². The normalized spacial score (nSPS) is 9.56. The lowest BCUT2D eigenvalue weighted by molar-refractivity contribution is -0.385. The fraction of sp³-hybridized carbons (Fsp3) is 0. The van der Waals surface area contributed by atoms with E-state index in [1.54, 1.807) is 30.3 Å². The van der Waals surface area contributed by atoms with Crippen LogP contribution in [0.3, 0.4) is 0 Å². The minimum Gasteiger partial charge on any atom is -0.502 e. The highest BCUT2D eigenvalue weighted by atomic mass is 79.9. The zero-order valence-electron chi connectivity index (χ0n) is 9.24. The fourth-order valence-corrected chi connectivity index (χ4v) is 1.62. The van der Waals surface area contributed by atoms with Gasteiger partial charge in [0.1, 0.15) is 0 Å². The number of phenolic OH excluding ortho intramolecular Hbond substituents is 1. The van der Waals surface area contributed by atoms with Crippen molar-refractivity contribution < 1.29 is 10.0 Å². The summed E-state index contributed by atoms with van der Waals surface area (Å²) in [6, 6.07) is 11.2. The van der Waals surface area contributed by atoms with E-state index in [2.05, 4.69) is 0 Å². The fourth-order valence-electron chi connectivity index (χ4n) is 1.62. The molecule has 0 amide bonds. The molecule has 5 nitrogen and oxygen atoms in total. The molecule has 0 aromatic heterocycles. The number of aromatic hydroxyl groups is 1. The third-order valence-electron chi connectivity index (χ3n) is 2.41. The average Bonchev–Trinajstić information content (AvgIpc) is 2.29. The molecule has 0 saturated heterocycles. The molecule has 0 atom stereocenters. The maximum atomic E-state index is 10.7. The molecule has 3 N–H and O–H groups in total. The summed E-state index contributed by atoms with van der Waals surface area (Å²) < 4.78 is 0. The largest absolute Gasteiger partial charge is 0.502 e. The van der Waals surface area contributed by atoms with Crippen LogP contribution in [0.2, 0.25) is 0 Å². The van der Waals surface area contributed by atoms with Crippen molar-refractivity contribution in [2.24, 2.45) is 0 Å². The molecule has 18 heavy (non-hydrogen) atoms. The van der Waals surface area contributed by atoms with Gasteiger partial charge in [0.15, 0.2) is 0 Å². The molecular weight excluding hydrogens is 300 g/mol. The highest BCUT2D eigenvalue weighted by Crippen LogP contribution is 2.36. The molecular formula is C12H11BrN2O3. The molecule has 0 fully saturated rings. The number of hydrogen-bond acceptors (Lipinski definition) is 4. The molecule has 2 aromatic rings. The lowest BCUT2D eigenvalue weighted by Crippen LogP contribution is -1.91. The third-order valence-corrected chi connectivity index (χ3v) is 2.41. The van der Waals surface area contributed by atoms with E-state index in [1.807, 2.05) is 0 Å². The molecule has 0 aliphatic carbocycles. The van der Waals surface area contributed by atoms with Crippen molar-refractivity contribution >= 4 is 28.4 Å². The summed E-state index contributed by atoms with van der Waals surface area (Å²) in [6.45, 7) is 0. The number of nitro benzene ring substituents is 1. The van der Waals surface area contributed by atoms with Gasteiger partial charge in [-0.25, -0.2) is 0 Å². The van der Waals surface area contributed by atoms with Crippen LogP contribution in [0.4, 0.5) is 11.4 Å². The van der Waals surface area contributed by atoms with Crippen LogP contribution in [0.5, 0.6) is 5.75 Å². The molecule has 0 spiro atoms. The van der Waals surface area contributed by atoms with Crippen LogP contribution >= 0.6 is 17.0 Å². The number of nitro groups is 1. The molecule has 0 aliphatic rings. The summed E-state index contributed by atoms with van der Waals surface area (Å²) in [6.07, 6.45) is 0. The highest BCUT2D eigenvalue weighted by molar-refractivity contribution is 8.93. The van der Waals surface area contributed by atoms with Crippen molar-refractivity contribution in [1.82, 2.24) is 0 Å². The maximum Gasteiger partial charge on any atom is 0.311 e. The lowest BCUT2D eigenvalue weighted by Gasteiger charge is -2.05. The van der Waals surface area contributed by atoms with Gasteiger partial charge in [-0.2, -0.15) is 0 Å². The highest BCUT2D eigenvalue weighted by Gasteiger charge is 2.17. The van der Waals surface area contributed by atoms with Crippen molar-refractivity contribution in [1.29, 1.82) is 0 Å². The lowest BCUT2D eigenvalue weighted by atomic mass is 10.0. The number of halogens is 1. The average molecular weight is 311 g/mol. The van der Waals surface area contributed by atoms with Crippen molar-refractivity contribution in [2.75, 3.05) is 5.73 Å². The van der Waals surface area contributed by atoms with Gasteiger partial charge in [0.05, 0.1) is 4.92 Å². The van der Waals surface area contributed by atoms with Crippen molar-refractivity contribution in [3.63, 3.8) is 0 Å². The molecule has 2 rings (SSSR count). The Hall–Kier alpha value is -2.08. The van der Waals surface area contributed by atoms with E-state index in [9.17, 15) is 15.2 Å². The topological polar surface area (TPSA) is 89.4 Å². The van der Waals surface area contributed by atoms with Crippen LogP contribution in [0.25, 0.3) is 11.1 Å². The smallest absolute Gasteiger partial charge is 0.311 e. The number of benzene rings is 2. The van der Waals surface area contributed by atoms with Gasteiger partial charge in [-0.05, 0) is 17.7 Å². The van der Waals surface area contributed by atoms with E-state index in [-0.39, 0.29) is 28.4 Å².